The molecular weight excluding hydrogens is 839 g/mol. The zero-order valence-electron chi connectivity index (χ0n) is 35.5. The SMILES string of the molecule is CCOC(=O)C(C)OP(=O)(CCN1CCN(C(=O)Oc2c3c(c(OC(c4ccccc4)c4ccccc4)c4ncccc24)C(=O)N(Cc2ccc(F)cc2)C3)CC1)Oc1ccccc1. The zero-order chi connectivity index (χ0) is 44.6. The summed E-state index contributed by atoms with van der Waals surface area (Å²) in [6, 6.07) is 37.5. The largest absolute Gasteiger partial charge is 0.478 e. The Morgan fingerprint density at radius 2 is 1.45 bits per heavy atom. The van der Waals surface area contributed by atoms with Crippen LogP contribution in [0.4, 0.5) is 9.18 Å². The second-order valence-corrected chi connectivity index (χ2v) is 17.5. The van der Waals surface area contributed by atoms with Crippen molar-refractivity contribution in [1.82, 2.24) is 19.7 Å². The van der Waals surface area contributed by atoms with Crippen LogP contribution in [0, 0.1) is 5.82 Å². The lowest BCUT2D eigenvalue weighted by Crippen LogP contribution is -2.50. The molecule has 0 saturated carbocycles. The van der Waals surface area contributed by atoms with Gasteiger partial charge in [-0.05, 0) is 66.9 Å². The number of aromatic nitrogens is 1. The van der Waals surface area contributed by atoms with Crippen molar-refractivity contribution in [1.29, 1.82) is 0 Å². The number of halogens is 1. The first kappa shape index (κ1) is 44.0. The van der Waals surface area contributed by atoms with E-state index in [1.165, 1.54) is 19.1 Å². The fourth-order valence-electron chi connectivity index (χ4n) is 7.85. The van der Waals surface area contributed by atoms with Gasteiger partial charge in [-0.15, -0.1) is 0 Å². The minimum atomic E-state index is -3.85. The number of hydrogen-bond acceptors (Lipinski definition) is 11. The van der Waals surface area contributed by atoms with Crippen molar-refractivity contribution >= 4 is 36.5 Å². The summed E-state index contributed by atoms with van der Waals surface area (Å²) in [5.41, 5.74) is 3.50. The van der Waals surface area contributed by atoms with Crippen LogP contribution in [-0.2, 0) is 31.7 Å². The molecule has 6 aromatic rings. The monoisotopic (exact) mass is 886 g/mol. The highest BCUT2D eigenvalue weighted by atomic mass is 31.2. The van der Waals surface area contributed by atoms with Gasteiger partial charge in [0, 0.05) is 56.4 Å². The Balaban J connectivity index is 1.05. The van der Waals surface area contributed by atoms with E-state index in [2.05, 4.69) is 0 Å². The number of esters is 1. The maximum Gasteiger partial charge on any atom is 0.415 e. The number of nitrogens with zero attached hydrogens (tertiary/aromatic N) is 4. The van der Waals surface area contributed by atoms with Crippen LogP contribution >= 0.6 is 7.60 Å². The van der Waals surface area contributed by atoms with E-state index in [9.17, 15) is 23.3 Å². The highest BCUT2D eigenvalue weighted by Crippen LogP contribution is 2.50. The molecule has 1 saturated heterocycles. The second kappa shape index (κ2) is 19.8. The molecule has 1 fully saturated rings. The van der Waals surface area contributed by atoms with Crippen molar-refractivity contribution in [3.8, 4) is 17.2 Å². The Labute approximate surface area is 370 Å². The number of pyridine rings is 1. The lowest BCUT2D eigenvalue weighted by atomic mass is 9.99. The summed E-state index contributed by atoms with van der Waals surface area (Å²) in [5, 5.41) is 0.491. The molecule has 2 aliphatic heterocycles. The number of fused-ring (bicyclic) bond motifs is 2. The normalized spacial score (nSPS) is 15.4. The molecule has 64 heavy (non-hydrogen) atoms. The summed E-state index contributed by atoms with van der Waals surface area (Å²) in [6.07, 6.45) is -0.760. The number of hydrogen-bond donors (Lipinski definition) is 0. The van der Waals surface area contributed by atoms with Gasteiger partial charge in [0.1, 0.15) is 28.9 Å². The van der Waals surface area contributed by atoms with Crippen molar-refractivity contribution in [3.63, 3.8) is 0 Å². The average Bonchev–Trinajstić information content (AvgIpc) is 3.64. The smallest absolute Gasteiger partial charge is 0.415 e. The quantitative estimate of drug-likeness (QED) is 0.0680. The van der Waals surface area contributed by atoms with Crippen molar-refractivity contribution in [2.24, 2.45) is 0 Å². The first-order valence-electron chi connectivity index (χ1n) is 21.2. The molecule has 0 spiro atoms. The molecule has 13 nitrogen and oxygen atoms in total. The maximum atomic E-state index is 14.6. The third-order valence-electron chi connectivity index (χ3n) is 11.1. The van der Waals surface area contributed by atoms with Crippen LogP contribution in [0.25, 0.3) is 10.9 Å². The Hall–Kier alpha value is -6.60. The van der Waals surface area contributed by atoms with Crippen LogP contribution in [0.2, 0.25) is 0 Å². The van der Waals surface area contributed by atoms with E-state index in [1.807, 2.05) is 65.6 Å². The van der Waals surface area contributed by atoms with Gasteiger partial charge in [-0.1, -0.05) is 91.0 Å². The van der Waals surface area contributed by atoms with E-state index in [1.54, 1.807) is 77.5 Å². The van der Waals surface area contributed by atoms with Gasteiger partial charge < -0.3 is 28.5 Å². The summed E-state index contributed by atoms with van der Waals surface area (Å²) in [6.45, 7) is 5.28. The summed E-state index contributed by atoms with van der Waals surface area (Å²) in [5.74, 6) is -0.565. The van der Waals surface area contributed by atoms with Gasteiger partial charge in [-0.25, -0.2) is 18.5 Å². The van der Waals surface area contributed by atoms with E-state index in [0.29, 0.717) is 41.9 Å². The number of benzene rings is 5. The van der Waals surface area contributed by atoms with E-state index >= 15 is 0 Å². The van der Waals surface area contributed by atoms with Gasteiger partial charge in [-0.2, -0.15) is 0 Å². The molecule has 1 aromatic heterocycles. The predicted octanol–water partition coefficient (Wildman–Crippen LogP) is 9.06. The molecule has 0 radical (unpaired) electrons. The van der Waals surface area contributed by atoms with E-state index in [-0.39, 0.29) is 67.7 Å². The molecule has 2 unspecified atom stereocenters. The predicted molar refractivity (Wildman–Crippen MR) is 238 cm³/mol. The average molecular weight is 887 g/mol. The lowest BCUT2D eigenvalue weighted by Gasteiger charge is -2.34. The molecule has 0 aliphatic carbocycles. The Kier molecular flexibility index (Phi) is 13.6. The number of rotatable bonds is 16. The van der Waals surface area contributed by atoms with Crippen molar-refractivity contribution in [2.45, 2.75) is 39.1 Å². The maximum absolute atomic E-state index is 14.6. The molecule has 8 rings (SSSR count). The highest BCUT2D eigenvalue weighted by Gasteiger charge is 2.39. The van der Waals surface area contributed by atoms with E-state index in [4.69, 9.17) is 28.2 Å². The van der Waals surface area contributed by atoms with Crippen LogP contribution in [0.3, 0.4) is 0 Å². The van der Waals surface area contributed by atoms with Crippen molar-refractivity contribution in [2.75, 3.05) is 45.5 Å². The number of carbonyl (C=O) groups excluding carboxylic acids is 3. The molecule has 2 amide bonds. The third kappa shape index (κ3) is 10.1. The fraction of sp³-hybridized carbons (Fsp3) is 0.265. The highest BCUT2D eigenvalue weighted by molar-refractivity contribution is 7.54. The molecule has 3 heterocycles. The first-order valence-corrected chi connectivity index (χ1v) is 22.9. The van der Waals surface area contributed by atoms with Gasteiger partial charge in [0.05, 0.1) is 24.9 Å². The van der Waals surface area contributed by atoms with Gasteiger partial charge in [0.15, 0.2) is 11.9 Å². The first-order chi connectivity index (χ1) is 31.1. The molecular formula is C49H48FN4O9P. The number of para-hydroxylation sites is 1. The number of carbonyl (C=O) groups is 3. The van der Waals surface area contributed by atoms with E-state index in [0.717, 1.165) is 16.7 Å². The molecule has 5 aromatic carbocycles. The van der Waals surface area contributed by atoms with Crippen molar-refractivity contribution in [3.05, 3.63) is 167 Å². The number of piperazine rings is 1. The minimum Gasteiger partial charge on any atom is -0.478 e. The fourth-order valence-corrected chi connectivity index (χ4v) is 9.62. The Morgan fingerprint density at radius 3 is 2.09 bits per heavy atom. The topological polar surface area (TPSA) is 137 Å². The molecule has 330 valence electrons. The Bertz CT molecular complexity index is 2590. The van der Waals surface area contributed by atoms with Crippen LogP contribution < -0.4 is 14.0 Å². The van der Waals surface area contributed by atoms with Gasteiger partial charge in [-0.3, -0.25) is 19.2 Å². The van der Waals surface area contributed by atoms with Gasteiger partial charge in [0.25, 0.3) is 5.91 Å². The molecule has 2 atom stereocenters. The third-order valence-corrected chi connectivity index (χ3v) is 13.0. The van der Waals surface area contributed by atoms with E-state index < -0.39 is 31.9 Å². The molecule has 2 aliphatic rings. The summed E-state index contributed by atoms with van der Waals surface area (Å²) in [7, 11) is -3.85. The van der Waals surface area contributed by atoms with Gasteiger partial charge >= 0.3 is 19.7 Å². The minimum absolute atomic E-state index is 0.0204. The van der Waals surface area contributed by atoms with Crippen LogP contribution in [-0.4, -0.2) is 89.2 Å². The zero-order valence-corrected chi connectivity index (χ0v) is 36.4. The lowest BCUT2D eigenvalue weighted by molar-refractivity contribution is -0.150. The summed E-state index contributed by atoms with van der Waals surface area (Å²) in [4.78, 5) is 51.2. The summed E-state index contributed by atoms with van der Waals surface area (Å²) < 4.78 is 58.0. The Morgan fingerprint density at radius 1 is 0.812 bits per heavy atom. The van der Waals surface area contributed by atoms with Crippen LogP contribution in [0.1, 0.15) is 52.6 Å². The standard InChI is InChI=1S/C49H48FN4O9P/c1-3-59-48(56)34(2)62-64(58,63-39-18-11-6-12-19-39)31-30-52-26-28-53(29-27-52)49(57)61-45-40-20-13-25-51-43(40)46(60-44(36-14-7-4-8-15-36)37-16-9-5-10-17-37)42-41(45)33-54(47(42)55)32-35-21-23-38(50)24-22-35/h4-25,34,44H,3,26-33H2,1-2H3. The molecule has 0 N–H and O–H groups in total. The van der Waals surface area contributed by atoms with Crippen LogP contribution in [0.15, 0.2) is 134 Å². The van der Waals surface area contributed by atoms with Crippen LogP contribution in [0.5, 0.6) is 17.2 Å². The van der Waals surface area contributed by atoms with Gasteiger partial charge in [0.2, 0.25) is 0 Å². The van der Waals surface area contributed by atoms with Crippen molar-refractivity contribution < 1.29 is 46.6 Å². The molecule has 0 bridgehead atoms. The molecule has 15 heteroatoms. The number of ether oxygens (including phenoxy) is 3. The number of amides is 2. The summed E-state index contributed by atoms with van der Waals surface area (Å²) >= 11 is 0. The second-order valence-electron chi connectivity index (χ2n) is 15.5.